The molecule has 0 N–H and O–H groups in total. The van der Waals surface area contributed by atoms with Crippen molar-refractivity contribution in [2.75, 3.05) is 0 Å². The smallest absolute Gasteiger partial charge is 0.258 e. The van der Waals surface area contributed by atoms with E-state index in [0.717, 1.165) is 15.2 Å². The van der Waals surface area contributed by atoms with Crippen molar-refractivity contribution in [3.8, 4) is 0 Å². The molecule has 0 saturated heterocycles. The molecule has 4 heteroatoms. The predicted octanol–water partition coefficient (Wildman–Crippen LogP) is 3.82. The van der Waals surface area contributed by atoms with E-state index in [2.05, 4.69) is 15.9 Å². The van der Waals surface area contributed by atoms with Crippen molar-refractivity contribution in [1.29, 1.82) is 0 Å². The van der Waals surface area contributed by atoms with Crippen molar-refractivity contribution in [2.24, 2.45) is 0 Å². The lowest BCUT2D eigenvalue weighted by Crippen LogP contribution is -1.91. The van der Waals surface area contributed by atoms with Gasteiger partial charge >= 0.3 is 0 Å². The molecule has 0 bridgehead atoms. The van der Waals surface area contributed by atoms with Crippen LogP contribution in [-0.4, -0.2) is 4.92 Å². The largest absolute Gasteiger partial charge is 0.272 e. The van der Waals surface area contributed by atoms with E-state index in [4.69, 9.17) is 0 Å². The number of fused-ring (bicyclic) bond motifs is 1. The third-order valence-corrected chi connectivity index (χ3v) is 2.81. The standard InChI is InChI=1S/C11H8BrNO2/c1-7-4-8-2-3-10(12)5-9(8)6-11(7)13(14)15/h2-6H,1H3. The van der Waals surface area contributed by atoms with Crippen molar-refractivity contribution in [3.63, 3.8) is 0 Å². The second-order valence-electron chi connectivity index (χ2n) is 3.39. The Balaban J connectivity index is 2.77. The monoisotopic (exact) mass is 265 g/mol. The Morgan fingerprint density at radius 2 is 1.93 bits per heavy atom. The molecular weight excluding hydrogens is 258 g/mol. The molecule has 2 rings (SSSR count). The van der Waals surface area contributed by atoms with Crippen molar-refractivity contribution in [1.82, 2.24) is 0 Å². The first-order valence-electron chi connectivity index (χ1n) is 4.42. The molecule has 0 fully saturated rings. The summed E-state index contributed by atoms with van der Waals surface area (Å²) in [7, 11) is 0. The molecule has 0 atom stereocenters. The van der Waals surface area contributed by atoms with Crippen LogP contribution in [0.4, 0.5) is 5.69 Å². The number of hydrogen-bond acceptors (Lipinski definition) is 2. The molecule has 2 aromatic rings. The number of benzene rings is 2. The summed E-state index contributed by atoms with van der Waals surface area (Å²) in [6, 6.07) is 9.18. The van der Waals surface area contributed by atoms with Crippen LogP contribution in [0, 0.1) is 17.0 Å². The van der Waals surface area contributed by atoms with Gasteiger partial charge in [-0.05, 0) is 35.9 Å². The molecule has 2 aromatic carbocycles. The molecule has 15 heavy (non-hydrogen) atoms. The molecule has 0 saturated carbocycles. The first-order valence-corrected chi connectivity index (χ1v) is 5.21. The van der Waals surface area contributed by atoms with Crippen LogP contribution < -0.4 is 0 Å². The van der Waals surface area contributed by atoms with Crippen LogP contribution in [0.25, 0.3) is 10.8 Å². The Morgan fingerprint density at radius 1 is 1.20 bits per heavy atom. The average molecular weight is 266 g/mol. The van der Waals surface area contributed by atoms with Crippen LogP contribution >= 0.6 is 15.9 Å². The van der Waals surface area contributed by atoms with Crippen LogP contribution in [0.2, 0.25) is 0 Å². The molecule has 0 aliphatic carbocycles. The van der Waals surface area contributed by atoms with Crippen LogP contribution in [0.15, 0.2) is 34.8 Å². The molecule has 0 heterocycles. The minimum atomic E-state index is -0.352. The fourth-order valence-electron chi connectivity index (χ4n) is 1.57. The fourth-order valence-corrected chi connectivity index (χ4v) is 1.95. The summed E-state index contributed by atoms with van der Waals surface area (Å²) < 4.78 is 0.924. The molecular formula is C11H8BrNO2. The van der Waals surface area contributed by atoms with Gasteiger partial charge in [0.15, 0.2) is 0 Å². The van der Waals surface area contributed by atoms with Gasteiger partial charge in [0.1, 0.15) is 0 Å². The summed E-state index contributed by atoms with van der Waals surface area (Å²) in [4.78, 5) is 10.4. The van der Waals surface area contributed by atoms with Crippen molar-refractivity contribution in [2.45, 2.75) is 6.92 Å². The average Bonchev–Trinajstić information content (AvgIpc) is 2.17. The second-order valence-corrected chi connectivity index (χ2v) is 4.30. The van der Waals surface area contributed by atoms with Gasteiger partial charge < -0.3 is 0 Å². The van der Waals surface area contributed by atoms with Crippen LogP contribution in [0.1, 0.15) is 5.56 Å². The van der Waals surface area contributed by atoms with Crippen LogP contribution in [0.3, 0.4) is 0 Å². The molecule has 0 aliphatic rings. The minimum absolute atomic E-state index is 0.167. The van der Waals surface area contributed by atoms with Crippen molar-refractivity contribution in [3.05, 3.63) is 50.5 Å². The quantitative estimate of drug-likeness (QED) is 0.581. The van der Waals surface area contributed by atoms with E-state index in [1.165, 1.54) is 0 Å². The molecule has 76 valence electrons. The van der Waals surface area contributed by atoms with E-state index < -0.39 is 0 Å². The lowest BCUT2D eigenvalue weighted by atomic mass is 10.1. The van der Waals surface area contributed by atoms with Gasteiger partial charge in [-0.2, -0.15) is 0 Å². The zero-order chi connectivity index (χ0) is 11.0. The number of aryl methyl sites for hydroxylation is 1. The van der Waals surface area contributed by atoms with Crippen LogP contribution in [-0.2, 0) is 0 Å². The third kappa shape index (κ3) is 1.85. The van der Waals surface area contributed by atoms with Gasteiger partial charge in [0.2, 0.25) is 0 Å². The highest BCUT2D eigenvalue weighted by molar-refractivity contribution is 9.10. The van der Waals surface area contributed by atoms with E-state index in [0.29, 0.717) is 5.56 Å². The lowest BCUT2D eigenvalue weighted by molar-refractivity contribution is -0.385. The Hall–Kier alpha value is -1.42. The lowest BCUT2D eigenvalue weighted by Gasteiger charge is -2.01. The van der Waals surface area contributed by atoms with Gasteiger partial charge in [-0.15, -0.1) is 0 Å². The SMILES string of the molecule is Cc1cc2ccc(Br)cc2cc1[N+](=O)[O-]. The highest BCUT2D eigenvalue weighted by Crippen LogP contribution is 2.27. The molecule has 3 nitrogen and oxygen atoms in total. The normalized spacial score (nSPS) is 10.5. The Kier molecular flexibility index (Phi) is 2.44. The molecule has 0 amide bonds. The van der Waals surface area contributed by atoms with Gasteiger partial charge in [0, 0.05) is 16.1 Å². The summed E-state index contributed by atoms with van der Waals surface area (Å²) in [6.45, 7) is 1.75. The maximum absolute atomic E-state index is 10.7. The topological polar surface area (TPSA) is 43.1 Å². The van der Waals surface area contributed by atoms with E-state index in [1.807, 2.05) is 24.3 Å². The summed E-state index contributed by atoms with van der Waals surface area (Å²) in [5, 5.41) is 12.6. The Morgan fingerprint density at radius 3 is 2.60 bits per heavy atom. The number of rotatable bonds is 1. The van der Waals surface area contributed by atoms with Gasteiger partial charge in [-0.25, -0.2) is 0 Å². The van der Waals surface area contributed by atoms with Crippen LogP contribution in [0.5, 0.6) is 0 Å². The van der Waals surface area contributed by atoms with Gasteiger partial charge in [0.05, 0.1) is 4.92 Å². The summed E-state index contributed by atoms with van der Waals surface area (Å²) >= 11 is 3.34. The molecule has 0 unspecified atom stereocenters. The zero-order valence-electron chi connectivity index (χ0n) is 8.03. The van der Waals surface area contributed by atoms with E-state index in [9.17, 15) is 10.1 Å². The summed E-state index contributed by atoms with van der Waals surface area (Å²) in [6.07, 6.45) is 0. The van der Waals surface area contributed by atoms with Crippen molar-refractivity contribution >= 4 is 32.4 Å². The number of nitro groups is 1. The van der Waals surface area contributed by atoms with Crippen molar-refractivity contribution < 1.29 is 4.92 Å². The molecule has 0 aliphatic heterocycles. The number of nitrogens with zero attached hydrogens (tertiary/aromatic N) is 1. The summed E-state index contributed by atoms with van der Waals surface area (Å²) in [5.41, 5.74) is 0.857. The number of nitro benzene ring substituents is 1. The van der Waals surface area contributed by atoms with Gasteiger partial charge in [0.25, 0.3) is 5.69 Å². The fraction of sp³-hybridized carbons (Fsp3) is 0.0909. The van der Waals surface area contributed by atoms with E-state index in [1.54, 1.807) is 13.0 Å². The Bertz CT molecular complexity index is 552. The first-order chi connectivity index (χ1) is 7.08. The van der Waals surface area contributed by atoms with E-state index >= 15 is 0 Å². The molecule has 0 aromatic heterocycles. The maximum Gasteiger partial charge on any atom is 0.272 e. The zero-order valence-corrected chi connectivity index (χ0v) is 9.61. The Labute approximate surface area is 95.0 Å². The minimum Gasteiger partial charge on any atom is -0.258 e. The molecule has 0 spiro atoms. The second kappa shape index (κ2) is 3.62. The third-order valence-electron chi connectivity index (χ3n) is 2.31. The highest BCUT2D eigenvalue weighted by atomic mass is 79.9. The first kappa shape index (κ1) is 10.1. The van der Waals surface area contributed by atoms with Gasteiger partial charge in [-0.3, -0.25) is 10.1 Å². The predicted molar refractivity (Wildman–Crippen MR) is 63.0 cm³/mol. The number of halogens is 1. The number of hydrogen-bond donors (Lipinski definition) is 0. The highest BCUT2D eigenvalue weighted by Gasteiger charge is 2.11. The van der Waals surface area contributed by atoms with Gasteiger partial charge in [-0.1, -0.05) is 22.0 Å². The maximum atomic E-state index is 10.7. The summed E-state index contributed by atoms with van der Waals surface area (Å²) in [5.74, 6) is 0. The molecule has 0 radical (unpaired) electrons. The van der Waals surface area contributed by atoms with E-state index in [-0.39, 0.29) is 10.6 Å².